The average Bonchev–Trinajstić information content (AvgIpc) is 2.06. The third kappa shape index (κ3) is 4.62. The quantitative estimate of drug-likeness (QED) is 0.597. The second-order valence-electron chi connectivity index (χ2n) is 3.11. The van der Waals surface area contributed by atoms with E-state index in [4.69, 9.17) is 0 Å². The summed E-state index contributed by atoms with van der Waals surface area (Å²) in [4.78, 5) is 0. The maximum atomic E-state index is 11.6. The molecule has 0 heterocycles. The molecule has 4 heteroatoms. The van der Waals surface area contributed by atoms with Crippen molar-refractivity contribution in [3.8, 4) is 0 Å². The summed E-state index contributed by atoms with van der Waals surface area (Å²) in [5.41, 5.74) is 0. The molecule has 0 aromatic carbocycles. The van der Waals surface area contributed by atoms with Crippen LogP contribution in [0.15, 0.2) is 0 Å². The van der Waals surface area contributed by atoms with E-state index >= 15 is 0 Å². The van der Waals surface area contributed by atoms with Crippen molar-refractivity contribution in [2.75, 3.05) is 18.8 Å². The number of hydrogen-bond acceptors (Lipinski definition) is 2. The average molecular weight is 207 g/mol. The Balaban J connectivity index is 4.05. The van der Waals surface area contributed by atoms with Gasteiger partial charge in [0.25, 0.3) is 0 Å². The minimum absolute atomic E-state index is 0.308. The topological polar surface area (TPSA) is 37.4 Å². The minimum Gasteiger partial charge on any atom is -0.212 e. The molecule has 0 unspecified atom stereocenters. The van der Waals surface area contributed by atoms with E-state index in [1.54, 1.807) is 0 Å². The molecule has 0 N–H and O–H groups in total. The van der Waals surface area contributed by atoms with Crippen LogP contribution in [0.4, 0.5) is 0 Å². The van der Waals surface area contributed by atoms with Crippen LogP contribution in [-0.2, 0) is 10.0 Å². The third-order valence-electron chi connectivity index (χ3n) is 2.10. The molecule has 0 bridgehead atoms. The second-order valence-corrected chi connectivity index (χ2v) is 5.20. The zero-order chi connectivity index (χ0) is 10.3. The Kier molecular flexibility index (Phi) is 6.33. The Morgan fingerprint density at radius 2 is 1.54 bits per heavy atom. The van der Waals surface area contributed by atoms with Gasteiger partial charge in [-0.05, 0) is 6.42 Å². The summed E-state index contributed by atoms with van der Waals surface area (Å²) in [7, 11) is -2.96. The van der Waals surface area contributed by atoms with Gasteiger partial charge in [-0.1, -0.05) is 33.6 Å². The Bertz CT molecular complexity index is 208. The lowest BCUT2D eigenvalue weighted by Crippen LogP contribution is -2.32. The van der Waals surface area contributed by atoms with Gasteiger partial charge in [-0.3, -0.25) is 0 Å². The standard InChI is InChI=1S/C9H21NO2S/c1-4-7-8-9-13(11,12)10(5-2)6-3/h4-9H2,1-3H3. The van der Waals surface area contributed by atoms with Crippen molar-refractivity contribution in [1.29, 1.82) is 0 Å². The monoisotopic (exact) mass is 207 g/mol. The van der Waals surface area contributed by atoms with Gasteiger partial charge in [0, 0.05) is 13.1 Å². The number of unbranched alkanes of at least 4 members (excludes halogenated alkanes) is 2. The lowest BCUT2D eigenvalue weighted by molar-refractivity contribution is 0.443. The Morgan fingerprint density at radius 1 is 1.00 bits per heavy atom. The van der Waals surface area contributed by atoms with Crippen LogP contribution in [0.3, 0.4) is 0 Å². The Hall–Kier alpha value is -0.0900. The van der Waals surface area contributed by atoms with Crippen LogP contribution in [0.25, 0.3) is 0 Å². The summed E-state index contributed by atoms with van der Waals surface area (Å²) in [5, 5.41) is 0. The highest BCUT2D eigenvalue weighted by Gasteiger charge is 2.17. The summed E-state index contributed by atoms with van der Waals surface area (Å²) in [6, 6.07) is 0. The molecule has 0 rings (SSSR count). The van der Waals surface area contributed by atoms with Gasteiger partial charge in [-0.25, -0.2) is 12.7 Å². The van der Waals surface area contributed by atoms with Crippen LogP contribution in [0.1, 0.15) is 40.0 Å². The molecule has 13 heavy (non-hydrogen) atoms. The van der Waals surface area contributed by atoms with E-state index in [2.05, 4.69) is 6.92 Å². The zero-order valence-corrected chi connectivity index (χ0v) is 9.73. The predicted molar refractivity (Wildman–Crippen MR) is 56.2 cm³/mol. The van der Waals surface area contributed by atoms with Gasteiger partial charge in [0.1, 0.15) is 0 Å². The van der Waals surface area contributed by atoms with Crippen LogP contribution >= 0.6 is 0 Å². The van der Waals surface area contributed by atoms with Gasteiger partial charge in [-0.15, -0.1) is 0 Å². The molecule has 0 saturated carbocycles. The van der Waals surface area contributed by atoms with Gasteiger partial charge in [0.2, 0.25) is 10.0 Å². The highest BCUT2D eigenvalue weighted by molar-refractivity contribution is 7.89. The van der Waals surface area contributed by atoms with Crippen LogP contribution in [0.5, 0.6) is 0 Å². The maximum Gasteiger partial charge on any atom is 0.214 e. The summed E-state index contributed by atoms with van der Waals surface area (Å²) >= 11 is 0. The molecule has 0 atom stereocenters. The fourth-order valence-electron chi connectivity index (χ4n) is 1.28. The van der Waals surface area contributed by atoms with E-state index in [9.17, 15) is 8.42 Å². The minimum atomic E-state index is -2.96. The van der Waals surface area contributed by atoms with Crippen LogP contribution in [-0.4, -0.2) is 31.6 Å². The lowest BCUT2D eigenvalue weighted by Gasteiger charge is -2.17. The van der Waals surface area contributed by atoms with Crippen molar-refractivity contribution in [1.82, 2.24) is 4.31 Å². The van der Waals surface area contributed by atoms with Gasteiger partial charge in [0.15, 0.2) is 0 Å². The molecule has 0 aliphatic rings. The second kappa shape index (κ2) is 6.38. The smallest absolute Gasteiger partial charge is 0.212 e. The fraction of sp³-hybridized carbons (Fsp3) is 1.00. The predicted octanol–water partition coefficient (Wildman–Crippen LogP) is 1.85. The first-order valence-electron chi connectivity index (χ1n) is 5.06. The van der Waals surface area contributed by atoms with Crippen molar-refractivity contribution in [2.45, 2.75) is 40.0 Å². The SMILES string of the molecule is CCCCCS(=O)(=O)N(CC)CC. The molecular formula is C9H21NO2S. The number of rotatable bonds is 7. The van der Waals surface area contributed by atoms with E-state index < -0.39 is 10.0 Å². The Labute approximate surface area is 82.2 Å². The number of hydrogen-bond donors (Lipinski definition) is 0. The van der Waals surface area contributed by atoms with Crippen molar-refractivity contribution >= 4 is 10.0 Å². The zero-order valence-electron chi connectivity index (χ0n) is 8.91. The Morgan fingerprint density at radius 3 is 1.92 bits per heavy atom. The van der Waals surface area contributed by atoms with Gasteiger partial charge < -0.3 is 0 Å². The molecule has 0 aromatic rings. The lowest BCUT2D eigenvalue weighted by atomic mass is 10.3. The van der Waals surface area contributed by atoms with Crippen LogP contribution < -0.4 is 0 Å². The highest BCUT2D eigenvalue weighted by atomic mass is 32.2. The first kappa shape index (κ1) is 12.9. The molecule has 0 aromatic heterocycles. The molecule has 80 valence electrons. The molecule has 0 saturated heterocycles. The third-order valence-corrected chi connectivity index (χ3v) is 4.21. The first-order valence-corrected chi connectivity index (χ1v) is 6.67. The van der Waals surface area contributed by atoms with E-state index in [0.29, 0.717) is 18.8 Å². The van der Waals surface area contributed by atoms with Gasteiger partial charge >= 0.3 is 0 Å². The van der Waals surface area contributed by atoms with Crippen molar-refractivity contribution in [3.63, 3.8) is 0 Å². The summed E-state index contributed by atoms with van der Waals surface area (Å²) in [6.07, 6.45) is 2.85. The number of nitrogens with zero attached hydrogens (tertiary/aromatic N) is 1. The van der Waals surface area contributed by atoms with E-state index in [-0.39, 0.29) is 0 Å². The van der Waals surface area contributed by atoms with Crippen LogP contribution in [0, 0.1) is 0 Å². The fourth-order valence-corrected chi connectivity index (χ4v) is 2.89. The van der Waals surface area contributed by atoms with Gasteiger partial charge in [0.05, 0.1) is 5.75 Å². The van der Waals surface area contributed by atoms with E-state index in [1.807, 2.05) is 13.8 Å². The van der Waals surface area contributed by atoms with Crippen molar-refractivity contribution in [2.24, 2.45) is 0 Å². The first-order chi connectivity index (χ1) is 6.08. The normalized spacial score (nSPS) is 12.3. The van der Waals surface area contributed by atoms with Crippen molar-refractivity contribution in [3.05, 3.63) is 0 Å². The molecule has 0 radical (unpaired) electrons. The molecule has 0 fully saturated rings. The van der Waals surface area contributed by atoms with Gasteiger partial charge in [-0.2, -0.15) is 0 Å². The molecular weight excluding hydrogens is 186 g/mol. The highest BCUT2D eigenvalue weighted by Crippen LogP contribution is 2.05. The summed E-state index contributed by atoms with van der Waals surface area (Å²) in [5.74, 6) is 0.308. The van der Waals surface area contributed by atoms with Crippen LogP contribution in [0.2, 0.25) is 0 Å². The molecule has 0 spiro atoms. The summed E-state index contributed by atoms with van der Waals surface area (Å²) < 4.78 is 24.7. The summed E-state index contributed by atoms with van der Waals surface area (Å²) in [6.45, 7) is 7.00. The van der Waals surface area contributed by atoms with E-state index in [0.717, 1.165) is 19.3 Å². The maximum absolute atomic E-state index is 11.6. The molecule has 0 amide bonds. The largest absolute Gasteiger partial charge is 0.214 e. The van der Waals surface area contributed by atoms with E-state index in [1.165, 1.54) is 4.31 Å². The van der Waals surface area contributed by atoms with Crippen molar-refractivity contribution < 1.29 is 8.42 Å². The molecule has 3 nitrogen and oxygen atoms in total. The number of sulfonamides is 1. The molecule has 0 aliphatic heterocycles. The molecule has 0 aliphatic carbocycles.